The monoisotopic (exact) mass is 687 g/mol. The van der Waals surface area contributed by atoms with Crippen molar-refractivity contribution in [1.29, 1.82) is 0 Å². The predicted molar refractivity (Wildman–Crippen MR) is 175 cm³/mol. The minimum absolute atomic E-state index is 0.00504. The summed E-state index contributed by atoms with van der Waals surface area (Å²) in [7, 11) is 0. The van der Waals surface area contributed by atoms with Gasteiger partial charge in [-0.2, -0.15) is 0 Å². The normalized spacial score (nSPS) is 27.9. The lowest BCUT2D eigenvalue weighted by molar-refractivity contribution is -0.159. The molecule has 1 saturated heterocycles. The number of halogens is 1. The number of nitrogens with zero attached hydrogens (tertiary/aromatic N) is 3. The summed E-state index contributed by atoms with van der Waals surface area (Å²) in [5.41, 5.74) is 0.602. The average Bonchev–Trinajstić information content (AvgIpc) is 3.80. The van der Waals surface area contributed by atoms with Crippen LogP contribution in [0.5, 0.6) is 0 Å². The Morgan fingerprint density at radius 3 is 2.81 bits per heavy atom. The number of ether oxygens (including phenoxy) is 2. The summed E-state index contributed by atoms with van der Waals surface area (Å²) in [6.45, 7) is 7.41. The standard InChI is InChI=1S/C33H42FN5O8S/c1-19-7-5-11-35-28(41)10-9-20(2)30(21(3)16-46-33(44)38-27-18-48-22(4)36-27)47-32(43)26-8-6-12-39(26)31(42)25-17-45-29(37-25)15-23(34)14-24(40)13-19/h5,7,9-10,13,17-18,20-21,23-24,26,30,40H,6,8,11-12,14-16H2,1-4H3,(H,35,41)(H,38,44)/b7-5+,10-9+,19-13+/t20-,21+,23-,24-,26-,30+/m1/s1. The van der Waals surface area contributed by atoms with Gasteiger partial charge in [0.05, 0.1) is 24.1 Å². The van der Waals surface area contributed by atoms with E-state index in [9.17, 15) is 28.7 Å². The summed E-state index contributed by atoms with van der Waals surface area (Å²) in [6.07, 6.45) is 5.25. The van der Waals surface area contributed by atoms with Crippen molar-refractivity contribution in [3.8, 4) is 0 Å². The second-order valence-corrected chi connectivity index (χ2v) is 13.1. The highest BCUT2D eigenvalue weighted by atomic mass is 32.1. The smallest absolute Gasteiger partial charge is 0.412 e. The molecule has 3 amide bonds. The summed E-state index contributed by atoms with van der Waals surface area (Å²) < 4.78 is 31.6. The van der Waals surface area contributed by atoms with E-state index < -0.39 is 60.1 Å². The molecule has 260 valence electrons. The van der Waals surface area contributed by atoms with Crippen LogP contribution in [0.25, 0.3) is 0 Å². The Kier molecular flexibility index (Phi) is 13.0. The fourth-order valence-corrected chi connectivity index (χ4v) is 6.04. The number of oxazole rings is 1. The highest BCUT2D eigenvalue weighted by Gasteiger charge is 2.39. The molecule has 0 aromatic carbocycles. The number of aliphatic hydroxyl groups excluding tert-OH is 1. The number of anilines is 1. The number of cyclic esters (lactones) is 1. The topological polar surface area (TPSA) is 173 Å². The van der Waals surface area contributed by atoms with Gasteiger partial charge in [-0.15, -0.1) is 11.3 Å². The highest BCUT2D eigenvalue weighted by Crippen LogP contribution is 2.26. The van der Waals surface area contributed by atoms with E-state index in [2.05, 4.69) is 20.6 Å². The average molecular weight is 688 g/mol. The lowest BCUT2D eigenvalue weighted by Crippen LogP contribution is -2.44. The van der Waals surface area contributed by atoms with Crippen molar-refractivity contribution in [3.63, 3.8) is 0 Å². The minimum Gasteiger partial charge on any atom is -0.460 e. The van der Waals surface area contributed by atoms with E-state index in [1.165, 1.54) is 28.4 Å². The van der Waals surface area contributed by atoms with Crippen molar-refractivity contribution in [2.75, 3.05) is 25.0 Å². The summed E-state index contributed by atoms with van der Waals surface area (Å²) in [5, 5.41) is 18.1. The van der Waals surface area contributed by atoms with Gasteiger partial charge in [0.1, 0.15) is 30.4 Å². The second-order valence-electron chi connectivity index (χ2n) is 12.0. The number of esters is 1. The predicted octanol–water partition coefficient (Wildman–Crippen LogP) is 4.30. The summed E-state index contributed by atoms with van der Waals surface area (Å²) >= 11 is 1.37. The molecule has 2 aliphatic rings. The lowest BCUT2D eigenvalue weighted by Gasteiger charge is -2.30. The van der Waals surface area contributed by atoms with Crippen molar-refractivity contribution in [1.82, 2.24) is 20.2 Å². The number of aromatic nitrogens is 2. The van der Waals surface area contributed by atoms with E-state index in [1.54, 1.807) is 44.4 Å². The largest absolute Gasteiger partial charge is 0.460 e. The fourth-order valence-electron chi connectivity index (χ4n) is 5.50. The summed E-state index contributed by atoms with van der Waals surface area (Å²) in [5.74, 6) is -2.26. The maximum atomic E-state index is 14.8. The Balaban J connectivity index is 1.54. The molecule has 0 aliphatic carbocycles. The number of hydrogen-bond donors (Lipinski definition) is 3. The molecule has 0 spiro atoms. The van der Waals surface area contributed by atoms with Crippen LogP contribution in [-0.2, 0) is 25.5 Å². The number of carbonyl (C=O) groups is 4. The van der Waals surface area contributed by atoms with Gasteiger partial charge in [-0.1, -0.05) is 43.7 Å². The third-order valence-electron chi connectivity index (χ3n) is 7.89. The van der Waals surface area contributed by atoms with Crippen LogP contribution in [0.2, 0.25) is 0 Å². The maximum Gasteiger partial charge on any atom is 0.412 e. The Morgan fingerprint density at radius 2 is 2.06 bits per heavy atom. The van der Waals surface area contributed by atoms with Crippen molar-refractivity contribution in [2.45, 2.75) is 77.8 Å². The van der Waals surface area contributed by atoms with Crippen LogP contribution in [0.1, 0.15) is 61.4 Å². The number of rotatable bonds is 4. The summed E-state index contributed by atoms with van der Waals surface area (Å²) in [6, 6.07) is -0.920. The Bertz CT molecular complexity index is 1540. The van der Waals surface area contributed by atoms with Gasteiger partial charge in [-0.3, -0.25) is 14.9 Å². The van der Waals surface area contributed by atoms with Crippen LogP contribution >= 0.6 is 11.3 Å². The Labute approximate surface area is 282 Å². The number of alkyl halides is 1. The molecule has 2 aliphatic heterocycles. The third-order valence-corrected chi connectivity index (χ3v) is 8.66. The molecule has 1 fully saturated rings. The second kappa shape index (κ2) is 17.2. The fraction of sp³-hybridized carbons (Fsp3) is 0.515. The van der Waals surface area contributed by atoms with Gasteiger partial charge in [-0.25, -0.2) is 23.9 Å². The van der Waals surface area contributed by atoms with Gasteiger partial charge < -0.3 is 29.2 Å². The van der Waals surface area contributed by atoms with E-state index in [-0.39, 0.29) is 44.1 Å². The molecule has 48 heavy (non-hydrogen) atoms. The van der Waals surface area contributed by atoms with E-state index in [0.29, 0.717) is 24.2 Å². The molecule has 2 aromatic heterocycles. The van der Waals surface area contributed by atoms with Crippen LogP contribution in [0.3, 0.4) is 0 Å². The Morgan fingerprint density at radius 1 is 1.27 bits per heavy atom. The zero-order chi connectivity index (χ0) is 34.8. The van der Waals surface area contributed by atoms with Gasteiger partial charge in [-0.05, 0) is 32.8 Å². The molecule has 4 heterocycles. The van der Waals surface area contributed by atoms with Crippen molar-refractivity contribution in [2.24, 2.45) is 11.8 Å². The molecule has 0 unspecified atom stereocenters. The van der Waals surface area contributed by atoms with Crippen LogP contribution in [-0.4, -0.2) is 88.0 Å². The van der Waals surface area contributed by atoms with Crippen LogP contribution in [0.15, 0.2) is 52.0 Å². The molecule has 15 heteroatoms. The first kappa shape index (κ1) is 36.5. The van der Waals surface area contributed by atoms with Gasteiger partial charge >= 0.3 is 12.1 Å². The molecule has 0 saturated carbocycles. The first-order valence-corrected chi connectivity index (χ1v) is 16.7. The number of aryl methyl sites for hydroxylation is 1. The van der Waals surface area contributed by atoms with Crippen molar-refractivity contribution < 1.29 is 42.6 Å². The number of allylic oxidation sites excluding steroid dienone is 2. The number of hydrogen-bond acceptors (Lipinski definition) is 11. The number of nitrogens with one attached hydrogen (secondary N) is 2. The number of amides is 3. The van der Waals surface area contributed by atoms with E-state index in [4.69, 9.17) is 13.9 Å². The van der Waals surface area contributed by atoms with Crippen LogP contribution < -0.4 is 10.6 Å². The molecule has 13 nitrogen and oxygen atoms in total. The summed E-state index contributed by atoms with van der Waals surface area (Å²) in [4.78, 5) is 61.7. The van der Waals surface area contributed by atoms with Gasteiger partial charge in [0, 0.05) is 36.7 Å². The van der Waals surface area contributed by atoms with Crippen molar-refractivity contribution >= 4 is 41.0 Å². The molecular weight excluding hydrogens is 645 g/mol. The van der Waals surface area contributed by atoms with E-state index in [0.717, 1.165) is 11.3 Å². The number of fused-ring (bicyclic) bond motifs is 3. The van der Waals surface area contributed by atoms with E-state index >= 15 is 0 Å². The SMILES string of the molecule is CC1=C\[C@@H](O)C[C@@H](F)Cc2nc(co2)C(=O)N2CCC[C@@H]2C(=O)O[C@H]([C@@H](C)COC(=O)Nc2csc(C)n2)[C@H](C)/C=C/C(=O)NC\C=C\1. The lowest BCUT2D eigenvalue weighted by atomic mass is 9.93. The highest BCUT2D eigenvalue weighted by molar-refractivity contribution is 7.09. The van der Waals surface area contributed by atoms with Crippen LogP contribution in [0.4, 0.5) is 15.0 Å². The maximum absolute atomic E-state index is 14.8. The molecule has 2 bridgehead atoms. The molecule has 3 N–H and O–H groups in total. The zero-order valence-corrected chi connectivity index (χ0v) is 28.2. The third kappa shape index (κ3) is 10.6. The van der Waals surface area contributed by atoms with Gasteiger partial charge in [0.2, 0.25) is 5.91 Å². The first-order valence-electron chi connectivity index (χ1n) is 15.8. The molecule has 0 radical (unpaired) electrons. The minimum atomic E-state index is -1.50. The van der Waals surface area contributed by atoms with Crippen molar-refractivity contribution in [3.05, 3.63) is 64.2 Å². The molecule has 4 rings (SSSR count). The first-order chi connectivity index (χ1) is 22.9. The van der Waals surface area contributed by atoms with Crippen LogP contribution in [0, 0.1) is 18.8 Å². The zero-order valence-electron chi connectivity index (χ0n) is 27.4. The van der Waals surface area contributed by atoms with Gasteiger partial charge in [0.15, 0.2) is 11.6 Å². The Hall–Kier alpha value is -4.37. The quantitative estimate of drug-likeness (QED) is 0.394. The number of thiazole rings is 1. The molecule has 6 atom stereocenters. The van der Waals surface area contributed by atoms with E-state index in [1.807, 2.05) is 6.92 Å². The number of carbonyl (C=O) groups excluding carboxylic acids is 4. The number of aliphatic hydroxyl groups is 1. The molecular formula is C33H42FN5O8S. The molecule has 2 aromatic rings. The van der Waals surface area contributed by atoms with Gasteiger partial charge in [0.25, 0.3) is 5.91 Å².